The first-order chi connectivity index (χ1) is 12.0. The highest BCUT2D eigenvalue weighted by Gasteiger charge is 2.40. The van der Waals surface area contributed by atoms with Crippen LogP contribution in [0.2, 0.25) is 5.02 Å². The molecule has 0 saturated heterocycles. The van der Waals surface area contributed by atoms with Crippen LogP contribution in [0.25, 0.3) is 5.57 Å². The Morgan fingerprint density at radius 1 is 0.960 bits per heavy atom. The first-order valence-electron chi connectivity index (χ1n) is 7.81. The lowest BCUT2D eigenvalue weighted by Crippen LogP contribution is -2.31. The van der Waals surface area contributed by atoms with Crippen molar-refractivity contribution >= 4 is 46.3 Å². The maximum absolute atomic E-state index is 12.9. The molecule has 128 valence electrons. The van der Waals surface area contributed by atoms with Crippen LogP contribution in [0, 0.1) is 0 Å². The molecule has 0 atom stereocenters. The molecule has 2 aromatic rings. The van der Waals surface area contributed by atoms with E-state index in [1.54, 1.807) is 48.5 Å². The van der Waals surface area contributed by atoms with Crippen LogP contribution in [0.4, 0.5) is 5.69 Å². The van der Waals surface area contributed by atoms with Gasteiger partial charge >= 0.3 is 0 Å². The van der Waals surface area contributed by atoms with Crippen molar-refractivity contribution in [1.82, 2.24) is 0 Å². The molecular formula is C19H15Cl2NO3. The molecule has 4 nitrogen and oxygen atoms in total. The number of imide groups is 1. The molecule has 0 aromatic heterocycles. The molecular weight excluding hydrogens is 361 g/mol. The van der Waals surface area contributed by atoms with E-state index in [0.717, 1.165) is 11.3 Å². The zero-order valence-corrected chi connectivity index (χ0v) is 15.0. The number of carbonyl (C=O) groups excluding carboxylic acids is 2. The molecule has 0 fully saturated rings. The van der Waals surface area contributed by atoms with Gasteiger partial charge in [0.2, 0.25) is 0 Å². The number of amides is 2. The van der Waals surface area contributed by atoms with E-state index in [2.05, 4.69) is 0 Å². The molecule has 0 spiro atoms. The quantitative estimate of drug-likeness (QED) is 0.714. The van der Waals surface area contributed by atoms with Crippen molar-refractivity contribution in [3.05, 3.63) is 64.1 Å². The molecule has 25 heavy (non-hydrogen) atoms. The number of nitrogens with zero attached hydrogens (tertiary/aromatic N) is 1. The van der Waals surface area contributed by atoms with Gasteiger partial charge in [0.15, 0.2) is 0 Å². The Morgan fingerprint density at radius 3 is 2.32 bits per heavy atom. The van der Waals surface area contributed by atoms with E-state index in [-0.39, 0.29) is 10.6 Å². The highest BCUT2D eigenvalue weighted by molar-refractivity contribution is 6.60. The summed E-state index contributed by atoms with van der Waals surface area (Å²) in [6, 6.07) is 13.5. The highest BCUT2D eigenvalue weighted by Crippen LogP contribution is 2.38. The standard InChI is InChI=1S/C19H15Cl2NO3/c1-2-11-25-15-6-4-3-5-14(15)22-18(23)16(17(21)19(22)24)12-7-9-13(20)10-8-12/h3-10H,2,11H2,1H3. The van der Waals surface area contributed by atoms with E-state index in [0.29, 0.717) is 28.6 Å². The largest absolute Gasteiger partial charge is 0.491 e. The van der Waals surface area contributed by atoms with E-state index >= 15 is 0 Å². The number of carbonyl (C=O) groups is 2. The average Bonchev–Trinajstić information content (AvgIpc) is 2.84. The van der Waals surface area contributed by atoms with E-state index in [1.165, 1.54) is 0 Å². The van der Waals surface area contributed by atoms with Crippen molar-refractivity contribution in [2.75, 3.05) is 11.5 Å². The lowest BCUT2D eigenvalue weighted by molar-refractivity contribution is -0.119. The summed E-state index contributed by atoms with van der Waals surface area (Å²) >= 11 is 12.1. The van der Waals surface area contributed by atoms with Gasteiger partial charge in [0.1, 0.15) is 10.8 Å². The van der Waals surface area contributed by atoms with Gasteiger partial charge in [-0.05, 0) is 36.2 Å². The second kappa shape index (κ2) is 7.30. The number of hydrogen-bond donors (Lipinski definition) is 0. The Labute approximate surface area is 155 Å². The van der Waals surface area contributed by atoms with E-state index in [1.807, 2.05) is 6.92 Å². The minimum atomic E-state index is -0.566. The lowest BCUT2D eigenvalue weighted by Gasteiger charge is -2.18. The number of hydrogen-bond acceptors (Lipinski definition) is 3. The van der Waals surface area contributed by atoms with Crippen molar-refractivity contribution in [1.29, 1.82) is 0 Å². The first kappa shape index (κ1) is 17.5. The summed E-state index contributed by atoms with van der Waals surface area (Å²) in [7, 11) is 0. The molecule has 0 bridgehead atoms. The number of halogens is 2. The minimum Gasteiger partial charge on any atom is -0.491 e. The summed E-state index contributed by atoms with van der Waals surface area (Å²) in [5, 5.41) is 0.421. The molecule has 3 rings (SSSR count). The second-order valence-electron chi connectivity index (χ2n) is 5.46. The second-order valence-corrected chi connectivity index (χ2v) is 6.27. The molecule has 0 radical (unpaired) electrons. The lowest BCUT2D eigenvalue weighted by atomic mass is 10.1. The molecule has 0 unspecified atom stereocenters. The molecule has 0 aliphatic carbocycles. The van der Waals surface area contributed by atoms with Gasteiger partial charge < -0.3 is 4.74 Å². The Balaban J connectivity index is 2.01. The number of ether oxygens (including phenoxy) is 1. The van der Waals surface area contributed by atoms with Gasteiger partial charge in [-0.2, -0.15) is 0 Å². The van der Waals surface area contributed by atoms with Gasteiger partial charge in [-0.15, -0.1) is 0 Å². The van der Waals surface area contributed by atoms with Gasteiger partial charge in [-0.25, -0.2) is 4.90 Å². The van der Waals surface area contributed by atoms with Crippen molar-refractivity contribution in [2.24, 2.45) is 0 Å². The summed E-state index contributed by atoms with van der Waals surface area (Å²) in [6.07, 6.45) is 0.811. The minimum absolute atomic E-state index is 0.113. The molecule has 1 aliphatic heterocycles. The smallest absolute Gasteiger partial charge is 0.277 e. The van der Waals surface area contributed by atoms with Gasteiger partial charge in [0, 0.05) is 5.02 Å². The predicted molar refractivity (Wildman–Crippen MR) is 98.9 cm³/mol. The Kier molecular flexibility index (Phi) is 5.11. The van der Waals surface area contributed by atoms with Gasteiger partial charge in [-0.1, -0.05) is 54.4 Å². The summed E-state index contributed by atoms with van der Waals surface area (Å²) in [4.78, 5) is 26.6. The number of para-hydroxylation sites is 2. The van der Waals surface area contributed by atoms with Gasteiger partial charge in [0.05, 0.1) is 17.9 Å². The average molecular weight is 376 g/mol. The Hall–Kier alpha value is -2.30. The van der Waals surface area contributed by atoms with Gasteiger partial charge in [-0.3, -0.25) is 9.59 Å². The molecule has 1 aliphatic rings. The number of benzene rings is 2. The molecule has 2 aromatic carbocycles. The van der Waals surface area contributed by atoms with Crippen LogP contribution < -0.4 is 9.64 Å². The summed E-state index contributed by atoms with van der Waals surface area (Å²) in [6.45, 7) is 2.46. The molecule has 6 heteroatoms. The van der Waals surface area contributed by atoms with Crippen LogP contribution in [0.15, 0.2) is 53.6 Å². The fraction of sp³-hybridized carbons (Fsp3) is 0.158. The third-order valence-corrected chi connectivity index (χ3v) is 4.33. The predicted octanol–water partition coefficient (Wildman–Crippen LogP) is 4.65. The summed E-state index contributed by atoms with van der Waals surface area (Å²) in [5.74, 6) is -0.582. The molecule has 1 heterocycles. The van der Waals surface area contributed by atoms with Crippen LogP contribution in [0.3, 0.4) is 0 Å². The SMILES string of the molecule is CCCOc1ccccc1N1C(=O)C(Cl)=C(c2ccc(Cl)cc2)C1=O. The topological polar surface area (TPSA) is 46.6 Å². The normalized spacial score (nSPS) is 14.4. The number of rotatable bonds is 5. The van der Waals surface area contributed by atoms with Crippen molar-refractivity contribution < 1.29 is 14.3 Å². The van der Waals surface area contributed by atoms with Crippen LogP contribution in [-0.4, -0.2) is 18.4 Å². The number of anilines is 1. The fourth-order valence-corrected chi connectivity index (χ4v) is 2.96. The third kappa shape index (κ3) is 3.28. The Morgan fingerprint density at radius 2 is 1.64 bits per heavy atom. The van der Waals surface area contributed by atoms with Crippen molar-refractivity contribution in [3.8, 4) is 5.75 Å². The molecule has 0 saturated carbocycles. The highest BCUT2D eigenvalue weighted by atomic mass is 35.5. The molecule has 2 amide bonds. The van der Waals surface area contributed by atoms with Crippen LogP contribution >= 0.6 is 23.2 Å². The van der Waals surface area contributed by atoms with Crippen LogP contribution in [-0.2, 0) is 9.59 Å². The third-order valence-electron chi connectivity index (χ3n) is 3.73. The van der Waals surface area contributed by atoms with E-state index < -0.39 is 11.8 Å². The monoisotopic (exact) mass is 375 g/mol. The maximum atomic E-state index is 12.9. The first-order valence-corrected chi connectivity index (χ1v) is 8.56. The zero-order valence-electron chi connectivity index (χ0n) is 13.5. The van der Waals surface area contributed by atoms with Crippen molar-refractivity contribution in [2.45, 2.75) is 13.3 Å². The summed E-state index contributed by atoms with van der Waals surface area (Å²) < 4.78 is 5.66. The van der Waals surface area contributed by atoms with E-state index in [4.69, 9.17) is 27.9 Å². The zero-order chi connectivity index (χ0) is 18.0. The fourth-order valence-electron chi connectivity index (χ4n) is 2.56. The maximum Gasteiger partial charge on any atom is 0.277 e. The van der Waals surface area contributed by atoms with Crippen molar-refractivity contribution in [3.63, 3.8) is 0 Å². The van der Waals surface area contributed by atoms with Gasteiger partial charge in [0.25, 0.3) is 11.8 Å². The van der Waals surface area contributed by atoms with Crippen LogP contribution in [0.1, 0.15) is 18.9 Å². The van der Waals surface area contributed by atoms with E-state index in [9.17, 15) is 9.59 Å². The molecule has 0 N–H and O–H groups in total. The summed E-state index contributed by atoms with van der Waals surface area (Å²) in [5.41, 5.74) is 1.09. The Bertz CT molecular complexity index is 859. The van der Waals surface area contributed by atoms with Crippen LogP contribution in [0.5, 0.6) is 5.75 Å².